The van der Waals surface area contributed by atoms with Crippen LogP contribution in [0, 0.1) is 0 Å². The van der Waals surface area contributed by atoms with Gasteiger partial charge in [-0.05, 0) is 55.3 Å². The SMILES string of the molecule is CCOC(=O)/C(=C/c1sc2ccc(Cl)c3c2c1CN(C)CC3)c1ccccc1. The first-order chi connectivity index (χ1) is 13.6. The predicted octanol–water partition coefficient (Wildman–Crippen LogP) is 5.65. The van der Waals surface area contributed by atoms with Crippen molar-refractivity contribution in [1.82, 2.24) is 4.90 Å². The number of benzene rings is 2. The van der Waals surface area contributed by atoms with Gasteiger partial charge >= 0.3 is 5.97 Å². The lowest BCUT2D eigenvalue weighted by molar-refractivity contribution is -0.136. The van der Waals surface area contributed by atoms with E-state index in [1.807, 2.05) is 49.4 Å². The van der Waals surface area contributed by atoms with E-state index in [4.69, 9.17) is 16.3 Å². The second-order valence-electron chi connectivity index (χ2n) is 6.98. The average molecular weight is 412 g/mol. The van der Waals surface area contributed by atoms with Crippen LogP contribution in [0.5, 0.6) is 0 Å². The van der Waals surface area contributed by atoms with Gasteiger partial charge in [0.15, 0.2) is 0 Å². The Labute approximate surface area is 174 Å². The third-order valence-corrected chi connectivity index (χ3v) is 6.56. The summed E-state index contributed by atoms with van der Waals surface area (Å²) in [6, 6.07) is 13.8. The van der Waals surface area contributed by atoms with Crippen molar-refractivity contribution in [2.45, 2.75) is 19.9 Å². The van der Waals surface area contributed by atoms with Gasteiger partial charge in [0.25, 0.3) is 0 Å². The number of esters is 1. The molecule has 3 aromatic rings. The Hall–Kier alpha value is -2.14. The van der Waals surface area contributed by atoms with Crippen LogP contribution in [0.4, 0.5) is 0 Å². The molecule has 0 N–H and O–H groups in total. The number of ether oxygens (including phenoxy) is 1. The number of hydrogen-bond acceptors (Lipinski definition) is 4. The van der Waals surface area contributed by atoms with Crippen molar-refractivity contribution in [3.63, 3.8) is 0 Å². The van der Waals surface area contributed by atoms with E-state index >= 15 is 0 Å². The smallest absolute Gasteiger partial charge is 0.338 e. The van der Waals surface area contributed by atoms with Crippen LogP contribution in [0.2, 0.25) is 5.02 Å². The van der Waals surface area contributed by atoms with Gasteiger partial charge in [-0.25, -0.2) is 4.79 Å². The molecule has 5 heteroatoms. The molecule has 1 aromatic heterocycles. The minimum atomic E-state index is -0.293. The van der Waals surface area contributed by atoms with Gasteiger partial charge in [0.1, 0.15) is 0 Å². The van der Waals surface area contributed by atoms with E-state index in [9.17, 15) is 4.79 Å². The molecule has 2 heterocycles. The fourth-order valence-corrected chi connectivity index (χ4v) is 5.15. The summed E-state index contributed by atoms with van der Waals surface area (Å²) in [5.41, 5.74) is 3.91. The third kappa shape index (κ3) is 3.60. The van der Waals surface area contributed by atoms with Crippen molar-refractivity contribution < 1.29 is 9.53 Å². The van der Waals surface area contributed by atoms with Crippen molar-refractivity contribution in [2.24, 2.45) is 0 Å². The van der Waals surface area contributed by atoms with Gasteiger partial charge in [-0.15, -0.1) is 11.3 Å². The van der Waals surface area contributed by atoms with Crippen LogP contribution < -0.4 is 0 Å². The minimum absolute atomic E-state index is 0.293. The number of carbonyl (C=O) groups is 1. The lowest BCUT2D eigenvalue weighted by atomic mass is 10.0. The number of nitrogens with zero attached hydrogens (tertiary/aromatic N) is 1. The number of thiophene rings is 1. The molecule has 2 aromatic carbocycles. The minimum Gasteiger partial charge on any atom is -0.462 e. The second-order valence-corrected chi connectivity index (χ2v) is 8.47. The van der Waals surface area contributed by atoms with Crippen molar-refractivity contribution in [3.8, 4) is 0 Å². The zero-order valence-electron chi connectivity index (χ0n) is 16.0. The van der Waals surface area contributed by atoms with E-state index in [1.165, 1.54) is 21.2 Å². The highest BCUT2D eigenvalue weighted by atomic mass is 35.5. The largest absolute Gasteiger partial charge is 0.462 e. The Morgan fingerprint density at radius 2 is 2.00 bits per heavy atom. The average Bonchev–Trinajstić information content (AvgIpc) is 2.92. The molecule has 0 radical (unpaired) electrons. The summed E-state index contributed by atoms with van der Waals surface area (Å²) >= 11 is 8.24. The molecule has 144 valence electrons. The molecular formula is C23H22ClNO2S. The van der Waals surface area contributed by atoms with Gasteiger partial charge in [-0.1, -0.05) is 41.9 Å². The Balaban J connectivity index is 1.92. The summed E-state index contributed by atoms with van der Waals surface area (Å²) in [5.74, 6) is -0.293. The number of carbonyl (C=O) groups excluding carboxylic acids is 1. The van der Waals surface area contributed by atoms with E-state index in [-0.39, 0.29) is 5.97 Å². The maximum Gasteiger partial charge on any atom is 0.338 e. The van der Waals surface area contributed by atoms with Crippen LogP contribution in [-0.4, -0.2) is 31.1 Å². The summed E-state index contributed by atoms with van der Waals surface area (Å²) in [6.45, 7) is 3.98. The maximum atomic E-state index is 12.7. The molecule has 1 aliphatic rings. The molecule has 3 nitrogen and oxygen atoms in total. The number of likely N-dealkylation sites (N-methyl/N-ethyl adjacent to an activating group) is 1. The van der Waals surface area contributed by atoms with Crippen molar-refractivity contribution >= 4 is 50.6 Å². The van der Waals surface area contributed by atoms with Gasteiger partial charge in [-0.3, -0.25) is 0 Å². The molecule has 0 saturated carbocycles. The van der Waals surface area contributed by atoms with E-state index in [0.29, 0.717) is 12.2 Å². The zero-order chi connectivity index (χ0) is 19.7. The van der Waals surface area contributed by atoms with Crippen LogP contribution in [0.3, 0.4) is 0 Å². The molecule has 28 heavy (non-hydrogen) atoms. The number of hydrogen-bond donors (Lipinski definition) is 0. The van der Waals surface area contributed by atoms with E-state index in [0.717, 1.165) is 35.0 Å². The van der Waals surface area contributed by atoms with E-state index in [1.54, 1.807) is 11.3 Å². The molecule has 0 spiro atoms. The molecule has 0 bridgehead atoms. The molecule has 0 amide bonds. The summed E-state index contributed by atoms with van der Waals surface area (Å²) in [6.07, 6.45) is 2.92. The van der Waals surface area contributed by atoms with Crippen LogP contribution in [0.25, 0.3) is 21.7 Å². The molecule has 0 unspecified atom stereocenters. The summed E-state index contributed by atoms with van der Waals surface area (Å²) < 4.78 is 6.56. The van der Waals surface area contributed by atoms with Gasteiger partial charge in [-0.2, -0.15) is 0 Å². The van der Waals surface area contributed by atoms with Crippen LogP contribution in [0.15, 0.2) is 42.5 Å². The van der Waals surface area contributed by atoms with Crippen LogP contribution in [0.1, 0.15) is 28.5 Å². The Kier molecular flexibility index (Phi) is 5.54. The maximum absolute atomic E-state index is 12.7. The third-order valence-electron chi connectivity index (χ3n) is 5.06. The fourth-order valence-electron chi connectivity index (χ4n) is 3.71. The normalized spacial score (nSPS) is 14.9. The van der Waals surface area contributed by atoms with Gasteiger partial charge < -0.3 is 9.64 Å². The zero-order valence-corrected chi connectivity index (χ0v) is 17.6. The summed E-state index contributed by atoms with van der Waals surface area (Å²) in [5, 5.41) is 2.08. The highest BCUT2D eigenvalue weighted by Gasteiger charge is 2.22. The van der Waals surface area contributed by atoms with Gasteiger partial charge in [0.2, 0.25) is 0 Å². The van der Waals surface area contributed by atoms with Crippen molar-refractivity contribution in [3.05, 3.63) is 69.1 Å². The van der Waals surface area contributed by atoms with Crippen molar-refractivity contribution in [1.29, 1.82) is 0 Å². The standard InChI is InChI=1S/C23H22ClNO2S/c1-3-27-23(26)17(15-7-5-4-6-8-15)13-21-18-14-25(2)12-11-16-19(24)9-10-20(28-21)22(16)18/h4-10,13H,3,11-12,14H2,1-2H3/b17-13+. The molecular weight excluding hydrogens is 390 g/mol. The molecule has 1 aliphatic heterocycles. The number of rotatable bonds is 4. The lowest BCUT2D eigenvalue weighted by Crippen LogP contribution is -2.18. The number of halogens is 1. The fraction of sp³-hybridized carbons (Fsp3) is 0.261. The Morgan fingerprint density at radius 3 is 2.75 bits per heavy atom. The molecule has 0 atom stereocenters. The van der Waals surface area contributed by atoms with Crippen LogP contribution >= 0.6 is 22.9 Å². The molecule has 4 rings (SSSR count). The highest BCUT2D eigenvalue weighted by Crippen LogP contribution is 2.40. The predicted molar refractivity (Wildman–Crippen MR) is 118 cm³/mol. The molecule has 0 aliphatic carbocycles. The lowest BCUT2D eigenvalue weighted by Gasteiger charge is -2.14. The van der Waals surface area contributed by atoms with E-state index < -0.39 is 0 Å². The van der Waals surface area contributed by atoms with Gasteiger partial charge in [0.05, 0.1) is 12.2 Å². The first-order valence-corrected chi connectivity index (χ1v) is 10.6. The Morgan fingerprint density at radius 1 is 1.21 bits per heavy atom. The second kappa shape index (κ2) is 8.08. The summed E-state index contributed by atoms with van der Waals surface area (Å²) in [4.78, 5) is 16.1. The molecule has 0 saturated heterocycles. The Bertz CT molecular complexity index is 1060. The summed E-state index contributed by atoms with van der Waals surface area (Å²) in [7, 11) is 2.13. The highest BCUT2D eigenvalue weighted by molar-refractivity contribution is 7.20. The van der Waals surface area contributed by atoms with Crippen molar-refractivity contribution in [2.75, 3.05) is 20.2 Å². The van der Waals surface area contributed by atoms with E-state index in [2.05, 4.69) is 18.0 Å². The first-order valence-electron chi connectivity index (χ1n) is 9.44. The first kappa shape index (κ1) is 19.2. The monoisotopic (exact) mass is 411 g/mol. The van der Waals surface area contributed by atoms with Gasteiger partial charge in [0, 0.05) is 33.1 Å². The topological polar surface area (TPSA) is 29.5 Å². The van der Waals surface area contributed by atoms with Crippen LogP contribution in [-0.2, 0) is 22.5 Å². The molecule has 0 fully saturated rings. The quantitative estimate of drug-likeness (QED) is 0.410.